The average Bonchev–Trinajstić information content (AvgIpc) is 3.38. The second-order valence-corrected chi connectivity index (χ2v) is 8.30. The highest BCUT2D eigenvalue weighted by Crippen LogP contribution is 2.30. The van der Waals surface area contributed by atoms with Gasteiger partial charge in [-0.15, -0.1) is 0 Å². The predicted molar refractivity (Wildman–Crippen MR) is 114 cm³/mol. The quantitative estimate of drug-likeness (QED) is 0.665. The Morgan fingerprint density at radius 2 is 1.62 bits per heavy atom. The summed E-state index contributed by atoms with van der Waals surface area (Å²) in [6.45, 7) is 1.67. The van der Waals surface area contributed by atoms with Crippen LogP contribution in [0, 0.1) is 5.92 Å². The molecule has 0 atom stereocenters. The number of likely N-dealkylation sites (tertiary alicyclic amines) is 1. The summed E-state index contributed by atoms with van der Waals surface area (Å²) in [5, 5.41) is 4.79. The molecule has 1 fully saturated rings. The highest BCUT2D eigenvalue weighted by molar-refractivity contribution is 5.94. The Hall–Kier alpha value is -2.88. The fraction of sp³-hybridized carbons (Fsp3) is 0.360. The molecule has 1 aliphatic heterocycles. The first-order valence-electron chi connectivity index (χ1n) is 10.8. The Morgan fingerprint density at radius 1 is 0.931 bits per heavy atom. The van der Waals surface area contributed by atoms with E-state index in [1.807, 2.05) is 27.8 Å². The van der Waals surface area contributed by atoms with Gasteiger partial charge in [0.25, 0.3) is 5.91 Å². The van der Waals surface area contributed by atoms with E-state index in [4.69, 9.17) is 5.10 Å². The van der Waals surface area contributed by atoms with Gasteiger partial charge in [-0.3, -0.25) is 4.79 Å². The van der Waals surface area contributed by atoms with Gasteiger partial charge in [-0.2, -0.15) is 5.10 Å². The summed E-state index contributed by atoms with van der Waals surface area (Å²) >= 11 is 0. The number of carbonyl (C=O) groups excluding carboxylic acids is 1. The van der Waals surface area contributed by atoms with Gasteiger partial charge in [-0.1, -0.05) is 48.5 Å². The number of para-hydroxylation sites is 1. The SMILES string of the molecule is O=C(c1nn(-c2ccccc2)c2c1CCC2)N1CCC(Cc2ccccc2)CC1. The third-order valence-electron chi connectivity index (χ3n) is 6.40. The van der Waals surface area contributed by atoms with Crippen molar-refractivity contribution < 1.29 is 4.79 Å². The lowest BCUT2D eigenvalue weighted by atomic mass is 9.90. The van der Waals surface area contributed by atoms with Crippen LogP contribution in [0.4, 0.5) is 0 Å². The van der Waals surface area contributed by atoms with Crippen molar-refractivity contribution in [1.29, 1.82) is 0 Å². The number of benzene rings is 2. The van der Waals surface area contributed by atoms with Crippen LogP contribution in [0.15, 0.2) is 60.7 Å². The van der Waals surface area contributed by atoms with Crippen LogP contribution in [-0.4, -0.2) is 33.7 Å². The molecule has 1 aliphatic carbocycles. The van der Waals surface area contributed by atoms with Crippen molar-refractivity contribution in [2.75, 3.05) is 13.1 Å². The van der Waals surface area contributed by atoms with Crippen LogP contribution >= 0.6 is 0 Å². The van der Waals surface area contributed by atoms with Crippen molar-refractivity contribution in [3.63, 3.8) is 0 Å². The van der Waals surface area contributed by atoms with E-state index in [2.05, 4.69) is 42.5 Å². The van der Waals surface area contributed by atoms with Gasteiger partial charge in [-0.25, -0.2) is 4.68 Å². The monoisotopic (exact) mass is 385 g/mol. The minimum Gasteiger partial charge on any atom is -0.337 e. The van der Waals surface area contributed by atoms with Gasteiger partial charge < -0.3 is 4.90 Å². The van der Waals surface area contributed by atoms with Gasteiger partial charge in [0.2, 0.25) is 0 Å². The number of hydrogen-bond acceptors (Lipinski definition) is 2. The Labute approximate surface area is 172 Å². The van der Waals surface area contributed by atoms with E-state index < -0.39 is 0 Å². The zero-order valence-electron chi connectivity index (χ0n) is 16.8. The fourth-order valence-electron chi connectivity index (χ4n) is 4.83. The fourth-order valence-corrected chi connectivity index (χ4v) is 4.83. The van der Waals surface area contributed by atoms with E-state index in [1.165, 1.54) is 16.8 Å². The molecule has 1 aromatic heterocycles. The smallest absolute Gasteiger partial charge is 0.274 e. The molecule has 0 radical (unpaired) electrons. The highest BCUT2D eigenvalue weighted by Gasteiger charge is 2.31. The molecule has 0 N–H and O–H groups in total. The third kappa shape index (κ3) is 3.59. The highest BCUT2D eigenvalue weighted by atomic mass is 16.2. The Bertz CT molecular complexity index is 986. The first-order valence-corrected chi connectivity index (χ1v) is 10.8. The van der Waals surface area contributed by atoms with Gasteiger partial charge in [-0.05, 0) is 62.1 Å². The van der Waals surface area contributed by atoms with E-state index in [0.29, 0.717) is 11.6 Å². The molecule has 2 aliphatic rings. The Balaban J connectivity index is 1.31. The van der Waals surface area contributed by atoms with Gasteiger partial charge in [0.05, 0.1) is 5.69 Å². The number of hydrogen-bond donors (Lipinski definition) is 0. The molecular formula is C25H27N3O. The zero-order valence-corrected chi connectivity index (χ0v) is 16.8. The van der Waals surface area contributed by atoms with E-state index >= 15 is 0 Å². The van der Waals surface area contributed by atoms with E-state index in [9.17, 15) is 4.79 Å². The lowest BCUT2D eigenvalue weighted by molar-refractivity contribution is 0.0683. The maximum atomic E-state index is 13.3. The molecule has 1 saturated heterocycles. The van der Waals surface area contributed by atoms with Gasteiger partial charge in [0.15, 0.2) is 5.69 Å². The minimum atomic E-state index is 0.121. The van der Waals surface area contributed by atoms with Crippen LogP contribution in [0.1, 0.15) is 46.6 Å². The lowest BCUT2D eigenvalue weighted by Gasteiger charge is -2.31. The molecular weight excluding hydrogens is 358 g/mol. The summed E-state index contributed by atoms with van der Waals surface area (Å²) in [5.41, 5.74) is 5.52. The van der Waals surface area contributed by atoms with Crippen molar-refractivity contribution in [1.82, 2.24) is 14.7 Å². The summed E-state index contributed by atoms with van der Waals surface area (Å²) in [5.74, 6) is 0.782. The maximum absolute atomic E-state index is 13.3. The molecule has 0 spiro atoms. The van der Waals surface area contributed by atoms with Gasteiger partial charge in [0, 0.05) is 24.3 Å². The first kappa shape index (κ1) is 18.2. The molecule has 5 rings (SSSR count). The molecule has 2 aromatic carbocycles. The summed E-state index contributed by atoms with van der Waals surface area (Å²) in [7, 11) is 0. The van der Waals surface area contributed by atoms with E-state index in [-0.39, 0.29) is 5.91 Å². The van der Waals surface area contributed by atoms with E-state index in [1.54, 1.807) is 0 Å². The van der Waals surface area contributed by atoms with Crippen LogP contribution in [0.5, 0.6) is 0 Å². The normalized spacial score (nSPS) is 16.8. The maximum Gasteiger partial charge on any atom is 0.274 e. The number of piperidine rings is 1. The summed E-state index contributed by atoms with van der Waals surface area (Å²) < 4.78 is 2.00. The summed E-state index contributed by atoms with van der Waals surface area (Å²) in [6, 6.07) is 20.9. The molecule has 4 heteroatoms. The van der Waals surface area contributed by atoms with Crippen molar-refractivity contribution in [2.24, 2.45) is 5.92 Å². The minimum absolute atomic E-state index is 0.121. The van der Waals surface area contributed by atoms with Crippen LogP contribution in [0.3, 0.4) is 0 Å². The topological polar surface area (TPSA) is 38.1 Å². The number of nitrogens with zero attached hydrogens (tertiary/aromatic N) is 3. The van der Waals surface area contributed by atoms with Gasteiger partial charge in [0.1, 0.15) is 0 Å². The molecule has 2 heterocycles. The second kappa shape index (κ2) is 7.86. The molecule has 4 nitrogen and oxygen atoms in total. The molecule has 148 valence electrons. The summed E-state index contributed by atoms with van der Waals surface area (Å²) in [4.78, 5) is 15.3. The van der Waals surface area contributed by atoms with Crippen LogP contribution in [0.2, 0.25) is 0 Å². The standard InChI is InChI=1S/C25H27N3O/c29-25(27-16-14-20(15-17-27)18-19-8-3-1-4-9-19)24-22-12-7-13-23(22)28(26-24)21-10-5-2-6-11-21/h1-6,8-11,20H,7,12-18H2. The average molecular weight is 386 g/mol. The van der Waals surface area contributed by atoms with Crippen molar-refractivity contribution in [3.05, 3.63) is 83.2 Å². The van der Waals surface area contributed by atoms with Crippen LogP contribution in [-0.2, 0) is 19.3 Å². The van der Waals surface area contributed by atoms with Crippen molar-refractivity contribution in [2.45, 2.75) is 38.5 Å². The number of amides is 1. The number of fused-ring (bicyclic) bond motifs is 1. The Morgan fingerprint density at radius 3 is 2.34 bits per heavy atom. The molecule has 0 unspecified atom stereocenters. The van der Waals surface area contributed by atoms with E-state index in [0.717, 1.165) is 57.3 Å². The number of rotatable bonds is 4. The van der Waals surface area contributed by atoms with Crippen molar-refractivity contribution >= 4 is 5.91 Å². The number of carbonyl (C=O) groups is 1. The molecule has 29 heavy (non-hydrogen) atoms. The third-order valence-corrected chi connectivity index (χ3v) is 6.40. The molecule has 0 bridgehead atoms. The summed E-state index contributed by atoms with van der Waals surface area (Å²) in [6.07, 6.45) is 6.34. The van der Waals surface area contributed by atoms with Crippen LogP contribution in [0.25, 0.3) is 5.69 Å². The van der Waals surface area contributed by atoms with Gasteiger partial charge >= 0.3 is 0 Å². The largest absolute Gasteiger partial charge is 0.337 e. The predicted octanol–water partition coefficient (Wildman–Crippen LogP) is 4.46. The molecule has 0 saturated carbocycles. The zero-order chi connectivity index (χ0) is 19.6. The molecule has 3 aromatic rings. The molecule has 1 amide bonds. The Kier molecular flexibility index (Phi) is 4.92. The number of aromatic nitrogens is 2. The second-order valence-electron chi connectivity index (χ2n) is 8.30. The van der Waals surface area contributed by atoms with Crippen molar-refractivity contribution in [3.8, 4) is 5.69 Å². The lowest BCUT2D eigenvalue weighted by Crippen LogP contribution is -2.39. The van der Waals surface area contributed by atoms with Crippen LogP contribution < -0.4 is 0 Å². The first-order chi connectivity index (χ1) is 14.3.